The van der Waals surface area contributed by atoms with Crippen molar-refractivity contribution in [3.05, 3.63) is 16.9 Å². The highest BCUT2D eigenvalue weighted by atomic mass is 32.1. The molecule has 2 aromatic rings. The zero-order valence-corrected chi connectivity index (χ0v) is 17.0. The van der Waals surface area contributed by atoms with Gasteiger partial charge in [0.05, 0.1) is 10.2 Å². The van der Waals surface area contributed by atoms with Gasteiger partial charge in [0.2, 0.25) is 0 Å². The van der Waals surface area contributed by atoms with E-state index in [0.717, 1.165) is 45.3 Å². The van der Waals surface area contributed by atoms with Crippen LogP contribution in [0.25, 0.3) is 10.2 Å². The summed E-state index contributed by atoms with van der Waals surface area (Å²) >= 11 is 1.54. The van der Waals surface area contributed by atoms with Gasteiger partial charge in [0.15, 0.2) is 16.3 Å². The van der Waals surface area contributed by atoms with Crippen molar-refractivity contribution in [2.24, 2.45) is 23.9 Å². The number of fused-ring (bicyclic) bond motifs is 2. The molecule has 0 atom stereocenters. The molecule has 5 nitrogen and oxygen atoms in total. The van der Waals surface area contributed by atoms with Crippen molar-refractivity contribution in [2.75, 3.05) is 13.2 Å². The quantitative estimate of drug-likeness (QED) is 0.778. The van der Waals surface area contributed by atoms with Crippen LogP contribution in [0.1, 0.15) is 51.9 Å². The van der Waals surface area contributed by atoms with Crippen LogP contribution < -0.4 is 14.3 Å². The molecule has 1 fully saturated rings. The van der Waals surface area contributed by atoms with Gasteiger partial charge in [-0.05, 0) is 31.6 Å². The highest BCUT2D eigenvalue weighted by molar-refractivity contribution is 7.16. The van der Waals surface area contributed by atoms with Gasteiger partial charge >= 0.3 is 0 Å². The Labute approximate surface area is 164 Å². The number of hydrogen-bond donors (Lipinski definition) is 0. The minimum atomic E-state index is 0.0448. The molecule has 146 valence electrons. The molecule has 0 spiro atoms. The average molecular weight is 389 g/mol. The Morgan fingerprint density at radius 2 is 1.89 bits per heavy atom. The summed E-state index contributed by atoms with van der Waals surface area (Å²) in [6, 6.07) is 3.99. The standard InChI is InChI=1S/C21H28N2O3S/c1-3-4-5-14-6-8-15(9-7-14)20(24)22-21-23(2)16-12-17-18(13-19(16)27-21)26-11-10-25-17/h12-15H,3-11H2,1-2H3. The first kappa shape index (κ1) is 18.5. The van der Waals surface area contributed by atoms with Crippen LogP contribution in [-0.2, 0) is 11.8 Å². The van der Waals surface area contributed by atoms with E-state index < -0.39 is 0 Å². The maximum atomic E-state index is 12.8. The summed E-state index contributed by atoms with van der Waals surface area (Å²) < 4.78 is 14.4. The third-order valence-electron chi connectivity index (χ3n) is 5.84. The van der Waals surface area contributed by atoms with Crippen molar-refractivity contribution in [1.29, 1.82) is 0 Å². The lowest BCUT2D eigenvalue weighted by Crippen LogP contribution is -2.23. The number of carbonyl (C=O) groups excluding carboxylic acids is 1. The van der Waals surface area contributed by atoms with Gasteiger partial charge in [-0.15, -0.1) is 0 Å². The normalized spacial score (nSPS) is 23.0. The summed E-state index contributed by atoms with van der Waals surface area (Å²) in [7, 11) is 1.96. The van der Waals surface area contributed by atoms with E-state index in [0.29, 0.717) is 13.2 Å². The van der Waals surface area contributed by atoms with Gasteiger partial charge in [-0.25, -0.2) is 0 Å². The van der Waals surface area contributed by atoms with Crippen molar-refractivity contribution in [3.8, 4) is 11.5 Å². The minimum absolute atomic E-state index is 0.0448. The number of unbranched alkanes of at least 4 members (excludes halogenated alkanes) is 1. The molecule has 27 heavy (non-hydrogen) atoms. The van der Waals surface area contributed by atoms with Crippen molar-refractivity contribution >= 4 is 27.5 Å². The molecule has 1 amide bonds. The summed E-state index contributed by atoms with van der Waals surface area (Å²) in [4.78, 5) is 18.0. The zero-order valence-electron chi connectivity index (χ0n) is 16.2. The fourth-order valence-electron chi connectivity index (χ4n) is 4.15. The number of rotatable bonds is 4. The number of benzene rings is 1. The van der Waals surface area contributed by atoms with Crippen LogP contribution in [-0.4, -0.2) is 23.7 Å². The maximum absolute atomic E-state index is 12.8. The molecule has 1 saturated carbocycles. The van der Waals surface area contributed by atoms with Gasteiger partial charge in [-0.1, -0.05) is 37.5 Å². The molecule has 0 radical (unpaired) electrons. The summed E-state index contributed by atoms with van der Waals surface area (Å²) in [5, 5.41) is 0. The van der Waals surface area contributed by atoms with Crippen LogP contribution in [0.4, 0.5) is 0 Å². The number of aromatic nitrogens is 1. The topological polar surface area (TPSA) is 52.8 Å². The smallest absolute Gasteiger partial charge is 0.251 e. The molecular weight excluding hydrogens is 360 g/mol. The SMILES string of the molecule is CCCCC1CCC(C(=O)N=c2sc3cc4c(cc3n2C)OCCO4)CC1. The molecule has 4 rings (SSSR count). The molecule has 1 aliphatic heterocycles. The second kappa shape index (κ2) is 8.05. The third-order valence-corrected chi connectivity index (χ3v) is 6.94. The fraction of sp³-hybridized carbons (Fsp3) is 0.619. The van der Waals surface area contributed by atoms with Gasteiger partial charge in [-0.2, -0.15) is 4.99 Å². The largest absolute Gasteiger partial charge is 0.486 e. The number of thiazole rings is 1. The molecule has 6 heteroatoms. The Morgan fingerprint density at radius 3 is 2.59 bits per heavy atom. The Bertz CT molecular complexity index is 891. The summed E-state index contributed by atoms with van der Waals surface area (Å²) in [6.07, 6.45) is 8.20. The molecule has 2 heterocycles. The Morgan fingerprint density at radius 1 is 1.19 bits per heavy atom. The first-order chi connectivity index (χ1) is 13.2. The van der Waals surface area contributed by atoms with Crippen LogP contribution >= 0.6 is 11.3 Å². The van der Waals surface area contributed by atoms with Crippen LogP contribution in [0.5, 0.6) is 11.5 Å². The molecule has 2 aliphatic rings. The van der Waals surface area contributed by atoms with E-state index in [-0.39, 0.29) is 11.8 Å². The van der Waals surface area contributed by atoms with Crippen molar-refractivity contribution < 1.29 is 14.3 Å². The fourth-order valence-corrected chi connectivity index (χ4v) is 5.18. The van der Waals surface area contributed by atoms with E-state index in [4.69, 9.17) is 9.47 Å². The minimum Gasteiger partial charge on any atom is -0.486 e. The maximum Gasteiger partial charge on any atom is 0.251 e. The third kappa shape index (κ3) is 3.91. The molecule has 1 aliphatic carbocycles. The molecule has 0 N–H and O–H groups in total. The number of aryl methyl sites for hydroxylation is 1. The molecule has 1 aromatic carbocycles. The number of amides is 1. The van der Waals surface area contributed by atoms with Crippen molar-refractivity contribution in [3.63, 3.8) is 0 Å². The lowest BCUT2D eigenvalue weighted by atomic mass is 9.79. The first-order valence-electron chi connectivity index (χ1n) is 10.1. The van der Waals surface area contributed by atoms with Crippen molar-refractivity contribution in [2.45, 2.75) is 51.9 Å². The highest BCUT2D eigenvalue weighted by Gasteiger charge is 2.26. The van der Waals surface area contributed by atoms with Gasteiger partial charge in [0.1, 0.15) is 13.2 Å². The predicted molar refractivity (Wildman–Crippen MR) is 107 cm³/mol. The highest BCUT2D eigenvalue weighted by Crippen LogP contribution is 2.35. The molecular formula is C21H28N2O3S. The van der Waals surface area contributed by atoms with E-state index in [1.165, 1.54) is 32.1 Å². The number of nitrogens with zero attached hydrogens (tertiary/aromatic N) is 2. The number of hydrogen-bond acceptors (Lipinski definition) is 4. The van der Waals surface area contributed by atoms with Crippen LogP contribution in [0.15, 0.2) is 17.1 Å². The summed E-state index contributed by atoms with van der Waals surface area (Å²) in [6.45, 7) is 3.39. The van der Waals surface area contributed by atoms with Crippen LogP contribution in [0, 0.1) is 11.8 Å². The number of ether oxygens (including phenoxy) is 2. The average Bonchev–Trinajstić information content (AvgIpc) is 2.99. The molecule has 0 saturated heterocycles. The second-order valence-corrected chi connectivity index (χ2v) is 8.73. The van der Waals surface area contributed by atoms with Crippen LogP contribution in [0.2, 0.25) is 0 Å². The van der Waals surface area contributed by atoms with Crippen molar-refractivity contribution in [1.82, 2.24) is 4.57 Å². The van der Waals surface area contributed by atoms with Gasteiger partial charge < -0.3 is 14.0 Å². The predicted octanol–water partition coefficient (Wildman–Crippen LogP) is 4.43. The Hall–Kier alpha value is -1.82. The van der Waals surface area contributed by atoms with E-state index in [1.54, 1.807) is 11.3 Å². The summed E-state index contributed by atoms with van der Waals surface area (Å²) in [5.74, 6) is 2.49. The van der Waals surface area contributed by atoms with E-state index >= 15 is 0 Å². The zero-order chi connectivity index (χ0) is 18.8. The lowest BCUT2D eigenvalue weighted by molar-refractivity contribution is -0.123. The summed E-state index contributed by atoms with van der Waals surface area (Å²) in [5.41, 5.74) is 1.03. The monoisotopic (exact) mass is 388 g/mol. The van der Waals surface area contributed by atoms with Crippen LogP contribution in [0.3, 0.4) is 0 Å². The van der Waals surface area contributed by atoms with Gasteiger partial charge in [-0.3, -0.25) is 4.79 Å². The Balaban J connectivity index is 1.52. The number of carbonyl (C=O) groups is 1. The van der Waals surface area contributed by atoms with E-state index in [1.807, 2.05) is 23.7 Å². The Kier molecular flexibility index (Phi) is 5.53. The molecule has 0 bridgehead atoms. The second-order valence-electron chi connectivity index (χ2n) is 7.72. The van der Waals surface area contributed by atoms with E-state index in [9.17, 15) is 4.79 Å². The first-order valence-corrected chi connectivity index (χ1v) is 10.9. The van der Waals surface area contributed by atoms with E-state index in [2.05, 4.69) is 11.9 Å². The van der Waals surface area contributed by atoms with Gasteiger partial charge in [0.25, 0.3) is 5.91 Å². The molecule has 1 aromatic heterocycles. The lowest BCUT2D eigenvalue weighted by Gasteiger charge is -2.26. The molecule has 0 unspecified atom stereocenters. The van der Waals surface area contributed by atoms with Gasteiger partial charge in [0, 0.05) is 25.1 Å².